The van der Waals surface area contributed by atoms with E-state index in [0.717, 1.165) is 28.6 Å². The molecule has 3 rings (SSSR count). The van der Waals surface area contributed by atoms with Crippen molar-refractivity contribution in [2.75, 3.05) is 12.3 Å². The largest absolute Gasteiger partial charge is 0.480 e. The van der Waals surface area contributed by atoms with Crippen molar-refractivity contribution >= 4 is 21.6 Å². The van der Waals surface area contributed by atoms with Gasteiger partial charge in [-0.25, -0.2) is 21.6 Å². The second-order valence-corrected chi connectivity index (χ2v) is 10.0. The molecule has 0 heterocycles. The summed E-state index contributed by atoms with van der Waals surface area (Å²) in [6.07, 6.45) is 3.68. The maximum Gasteiger partial charge on any atom is 0.318 e. The van der Waals surface area contributed by atoms with E-state index in [2.05, 4.69) is 0 Å². The number of rotatable bonds is 10. The van der Waals surface area contributed by atoms with Crippen LogP contribution in [0.4, 0.5) is 13.2 Å². The number of allylic oxidation sites excluding steroid dienone is 2. The van der Waals surface area contributed by atoms with Gasteiger partial charge in [-0.1, -0.05) is 36.4 Å². The van der Waals surface area contributed by atoms with E-state index in [0.29, 0.717) is 16.7 Å². The lowest BCUT2D eigenvalue weighted by molar-refractivity contribution is -0.137. The summed E-state index contributed by atoms with van der Waals surface area (Å²) in [7, 11) is -3.74. The SMILES string of the molecule is CCS(=O)(=O)N(CC(=O)O)Cc1cccc(COC2(F)C=CC(c3cc(F)ccc3F)=CC2)c1. The lowest BCUT2D eigenvalue weighted by Gasteiger charge is -2.25. The third-order valence-electron chi connectivity index (χ3n) is 5.25. The molecule has 1 atom stereocenters. The van der Waals surface area contributed by atoms with Gasteiger partial charge in [-0.2, -0.15) is 4.31 Å². The molecule has 0 aliphatic heterocycles. The number of nitrogens with zero attached hydrogens (tertiary/aromatic N) is 1. The fraction of sp³-hybridized carbons (Fsp3) is 0.292. The molecule has 0 fully saturated rings. The van der Waals surface area contributed by atoms with Crippen molar-refractivity contribution in [2.24, 2.45) is 0 Å². The lowest BCUT2D eigenvalue weighted by Crippen LogP contribution is -2.36. The number of carboxylic acids is 1. The fourth-order valence-electron chi connectivity index (χ4n) is 3.44. The van der Waals surface area contributed by atoms with E-state index in [1.807, 2.05) is 0 Å². The highest BCUT2D eigenvalue weighted by atomic mass is 32.2. The Bertz CT molecular complexity index is 1230. The van der Waals surface area contributed by atoms with Crippen molar-refractivity contribution in [3.8, 4) is 0 Å². The predicted octanol–water partition coefficient (Wildman–Crippen LogP) is 4.43. The molecular weight excluding hydrogens is 471 g/mol. The lowest BCUT2D eigenvalue weighted by atomic mass is 9.96. The number of sulfonamides is 1. The first-order chi connectivity index (χ1) is 16.0. The first kappa shape index (κ1) is 25.7. The first-order valence-electron chi connectivity index (χ1n) is 10.5. The number of alkyl halides is 1. The van der Waals surface area contributed by atoms with Gasteiger partial charge in [0, 0.05) is 18.5 Å². The summed E-state index contributed by atoms with van der Waals surface area (Å²) in [5.41, 5.74) is 1.44. The second kappa shape index (κ2) is 10.5. The summed E-state index contributed by atoms with van der Waals surface area (Å²) in [5, 5.41) is 9.03. The predicted molar refractivity (Wildman–Crippen MR) is 121 cm³/mol. The number of carboxylic acid groups (broad SMARTS) is 1. The topological polar surface area (TPSA) is 83.9 Å². The van der Waals surface area contributed by atoms with E-state index in [1.54, 1.807) is 24.3 Å². The minimum absolute atomic E-state index is 0.0268. The minimum Gasteiger partial charge on any atom is -0.480 e. The highest BCUT2D eigenvalue weighted by Gasteiger charge is 2.29. The van der Waals surface area contributed by atoms with Crippen LogP contribution in [0.1, 0.15) is 30.0 Å². The average Bonchev–Trinajstić information content (AvgIpc) is 2.80. The molecule has 0 bridgehead atoms. The number of halogens is 3. The van der Waals surface area contributed by atoms with Gasteiger partial charge in [0.05, 0.1) is 12.4 Å². The van der Waals surface area contributed by atoms with E-state index in [-0.39, 0.29) is 30.9 Å². The Labute approximate surface area is 196 Å². The molecule has 10 heteroatoms. The Kier molecular flexibility index (Phi) is 7.96. The van der Waals surface area contributed by atoms with Crippen LogP contribution in [0, 0.1) is 11.6 Å². The number of hydrogen-bond donors (Lipinski definition) is 1. The van der Waals surface area contributed by atoms with Gasteiger partial charge in [-0.15, -0.1) is 0 Å². The molecule has 2 aromatic carbocycles. The van der Waals surface area contributed by atoms with E-state index in [4.69, 9.17) is 9.84 Å². The fourth-order valence-corrected chi connectivity index (χ4v) is 4.45. The molecule has 0 saturated carbocycles. The molecule has 0 radical (unpaired) electrons. The minimum atomic E-state index is -3.74. The molecule has 1 aliphatic rings. The Morgan fingerprint density at radius 2 is 1.91 bits per heavy atom. The van der Waals surface area contributed by atoms with Crippen LogP contribution in [0.3, 0.4) is 0 Å². The standard InChI is InChI=1S/C24H24F3NO5S/c1-2-34(31,32)28(15-23(29)30)14-17-4-3-5-18(12-17)16-33-24(27)10-8-19(9-11-24)21-13-20(25)6-7-22(21)26/h3-10,12-13H,2,11,14-16H2,1H3,(H,29,30). The third-order valence-corrected chi connectivity index (χ3v) is 7.03. The average molecular weight is 496 g/mol. The van der Waals surface area contributed by atoms with Crippen LogP contribution in [0.5, 0.6) is 0 Å². The Hall–Kier alpha value is -2.95. The molecule has 6 nitrogen and oxygen atoms in total. The van der Waals surface area contributed by atoms with Crippen LogP contribution >= 0.6 is 0 Å². The number of hydrogen-bond acceptors (Lipinski definition) is 4. The third kappa shape index (κ3) is 6.55. The van der Waals surface area contributed by atoms with Crippen LogP contribution in [0.2, 0.25) is 0 Å². The Morgan fingerprint density at radius 1 is 1.18 bits per heavy atom. The van der Waals surface area contributed by atoms with Gasteiger partial charge >= 0.3 is 5.97 Å². The molecule has 0 amide bonds. The van der Waals surface area contributed by atoms with Crippen LogP contribution in [-0.2, 0) is 32.7 Å². The summed E-state index contributed by atoms with van der Waals surface area (Å²) in [6, 6.07) is 9.59. The van der Waals surface area contributed by atoms with Crippen LogP contribution in [0.15, 0.2) is 60.7 Å². The maximum atomic E-state index is 15.1. The molecule has 0 spiro atoms. The van der Waals surface area contributed by atoms with Crippen LogP contribution < -0.4 is 0 Å². The van der Waals surface area contributed by atoms with Crippen LogP contribution in [0.25, 0.3) is 5.57 Å². The normalized spacial score (nSPS) is 18.2. The summed E-state index contributed by atoms with van der Waals surface area (Å²) in [6.45, 7) is 0.457. The molecule has 1 unspecified atom stereocenters. The van der Waals surface area contributed by atoms with Gasteiger partial charge in [-0.3, -0.25) is 4.79 Å². The van der Waals surface area contributed by atoms with Gasteiger partial charge in [0.2, 0.25) is 15.9 Å². The second-order valence-electron chi connectivity index (χ2n) is 7.78. The molecule has 34 heavy (non-hydrogen) atoms. The molecule has 0 aromatic heterocycles. The van der Waals surface area contributed by atoms with Crippen molar-refractivity contribution in [3.05, 3.63) is 89.0 Å². The summed E-state index contributed by atoms with van der Waals surface area (Å²) < 4.78 is 73.2. The molecule has 1 aliphatic carbocycles. The summed E-state index contributed by atoms with van der Waals surface area (Å²) in [4.78, 5) is 11.1. The number of aliphatic carboxylic acids is 1. The van der Waals surface area contributed by atoms with Crippen LogP contribution in [-0.4, -0.2) is 42.0 Å². The zero-order chi connectivity index (χ0) is 24.9. The number of ether oxygens (including phenoxy) is 1. The van der Waals surface area contributed by atoms with Gasteiger partial charge in [0.25, 0.3) is 0 Å². The first-order valence-corrected chi connectivity index (χ1v) is 12.1. The van der Waals surface area contributed by atoms with Crippen molar-refractivity contribution in [2.45, 2.75) is 32.4 Å². The van der Waals surface area contributed by atoms with Gasteiger partial charge < -0.3 is 9.84 Å². The van der Waals surface area contributed by atoms with E-state index < -0.39 is 40.0 Å². The number of carbonyl (C=O) groups is 1. The van der Waals surface area contributed by atoms with Gasteiger partial charge in [0.15, 0.2) is 0 Å². The van der Waals surface area contributed by atoms with Crippen molar-refractivity contribution in [1.82, 2.24) is 4.31 Å². The Morgan fingerprint density at radius 3 is 2.56 bits per heavy atom. The monoisotopic (exact) mass is 495 g/mol. The molecule has 2 aromatic rings. The van der Waals surface area contributed by atoms with Gasteiger partial charge in [-0.05, 0) is 47.9 Å². The zero-order valence-electron chi connectivity index (χ0n) is 18.4. The van der Waals surface area contributed by atoms with E-state index in [9.17, 15) is 22.0 Å². The van der Waals surface area contributed by atoms with E-state index >= 15 is 4.39 Å². The summed E-state index contributed by atoms with van der Waals surface area (Å²) >= 11 is 0. The summed E-state index contributed by atoms with van der Waals surface area (Å²) in [5.74, 6) is -4.90. The molecule has 1 N–H and O–H groups in total. The van der Waals surface area contributed by atoms with Crippen molar-refractivity contribution in [3.63, 3.8) is 0 Å². The molecular formula is C24H24F3NO5S. The molecule has 182 valence electrons. The smallest absolute Gasteiger partial charge is 0.318 e. The quantitative estimate of drug-likeness (QED) is 0.527. The van der Waals surface area contributed by atoms with Crippen molar-refractivity contribution < 1.29 is 36.2 Å². The van der Waals surface area contributed by atoms with Gasteiger partial charge in [0.1, 0.15) is 18.2 Å². The maximum absolute atomic E-state index is 15.1. The Balaban J connectivity index is 1.67. The molecule has 0 saturated heterocycles. The van der Waals surface area contributed by atoms with E-state index in [1.165, 1.54) is 19.1 Å². The number of benzene rings is 2. The zero-order valence-corrected chi connectivity index (χ0v) is 19.2. The highest BCUT2D eigenvalue weighted by Crippen LogP contribution is 2.32. The highest BCUT2D eigenvalue weighted by molar-refractivity contribution is 7.89. The van der Waals surface area contributed by atoms with Crippen molar-refractivity contribution in [1.29, 1.82) is 0 Å².